The minimum atomic E-state index is -5.06. The Kier molecular flexibility index (Phi) is 8.24. The van der Waals surface area contributed by atoms with Crippen LogP contribution in [0.3, 0.4) is 0 Å². The molecule has 3 aromatic heterocycles. The number of fused-ring (bicyclic) bond motifs is 4. The van der Waals surface area contributed by atoms with Crippen molar-refractivity contribution in [2.75, 3.05) is 16.7 Å². The Hall–Kier alpha value is -4.91. The molecule has 0 aliphatic heterocycles. The van der Waals surface area contributed by atoms with E-state index in [0.717, 1.165) is 18.4 Å². The number of hydrogen-bond acceptors (Lipinski definition) is 7. The maximum atomic E-state index is 15.2. The molecule has 0 saturated heterocycles. The number of aromatic nitrogens is 5. The third-order valence-corrected chi connectivity index (χ3v) is 9.85. The van der Waals surface area contributed by atoms with Crippen LogP contribution in [0.15, 0.2) is 42.6 Å². The largest absolute Gasteiger partial charge is 0.435 e. The molecular formula is C32H26ClF7N8O3S. The van der Waals surface area contributed by atoms with Crippen LogP contribution in [0.4, 0.5) is 42.2 Å². The predicted molar refractivity (Wildman–Crippen MR) is 175 cm³/mol. The Bertz CT molecular complexity index is 2390. The smallest absolute Gasteiger partial charge is 0.397 e. The van der Waals surface area contributed by atoms with E-state index in [2.05, 4.69) is 25.2 Å². The molecule has 1 fully saturated rings. The Morgan fingerprint density at radius 2 is 1.81 bits per heavy atom. The SMILES string of the molecule is Cn1nc(NS(C)(=O)=O)c2c(Cl)ccc(-c3cc(N)cnc3[C@H](Cc3cc(F)cc(F)c3)NC(=O)Cn3nc(C(F)(F)F)c4c3C(F)(F)[C@@H]3C[C@H]43)c21. The van der Waals surface area contributed by atoms with Gasteiger partial charge < -0.3 is 11.1 Å². The fraction of sp³-hybridized carbons (Fsp3) is 0.312. The van der Waals surface area contributed by atoms with Crippen molar-refractivity contribution in [3.05, 3.63) is 87.5 Å². The molecule has 11 nitrogen and oxygen atoms in total. The fourth-order valence-electron chi connectivity index (χ4n) is 6.98. The number of alkyl halides is 5. The van der Waals surface area contributed by atoms with E-state index < -0.39 is 81.0 Å². The molecule has 0 radical (unpaired) electrons. The predicted octanol–water partition coefficient (Wildman–Crippen LogP) is 6.05. The highest BCUT2D eigenvalue weighted by Crippen LogP contribution is 2.68. The van der Waals surface area contributed by atoms with Gasteiger partial charge in [-0.15, -0.1) is 0 Å². The Balaban J connectivity index is 1.33. The van der Waals surface area contributed by atoms with Gasteiger partial charge in [0.15, 0.2) is 11.5 Å². The number of carbonyl (C=O) groups excluding carboxylic acids is 1. The van der Waals surface area contributed by atoms with Crippen molar-refractivity contribution in [2.45, 2.75) is 43.4 Å². The lowest BCUT2D eigenvalue weighted by Gasteiger charge is -2.23. The van der Waals surface area contributed by atoms with Crippen LogP contribution >= 0.6 is 11.6 Å². The fourth-order valence-corrected chi connectivity index (χ4v) is 7.71. The quantitative estimate of drug-likeness (QED) is 0.155. The van der Waals surface area contributed by atoms with Crippen LogP contribution in [0.25, 0.3) is 22.0 Å². The van der Waals surface area contributed by atoms with Gasteiger partial charge in [-0.05, 0) is 48.6 Å². The van der Waals surface area contributed by atoms with Gasteiger partial charge in [-0.25, -0.2) is 17.2 Å². The van der Waals surface area contributed by atoms with E-state index in [9.17, 15) is 35.2 Å². The number of nitrogens with one attached hydrogen (secondary N) is 2. The first-order valence-corrected chi connectivity index (χ1v) is 17.7. The summed E-state index contributed by atoms with van der Waals surface area (Å²) in [4.78, 5) is 18.1. The Morgan fingerprint density at radius 3 is 2.46 bits per heavy atom. The zero-order valence-electron chi connectivity index (χ0n) is 26.9. The van der Waals surface area contributed by atoms with E-state index in [0.29, 0.717) is 16.3 Å². The topological polar surface area (TPSA) is 150 Å². The van der Waals surface area contributed by atoms with Gasteiger partial charge in [-0.1, -0.05) is 17.7 Å². The second-order valence-corrected chi connectivity index (χ2v) is 15.0. The molecular weight excluding hydrogens is 745 g/mol. The molecule has 2 aliphatic carbocycles. The summed E-state index contributed by atoms with van der Waals surface area (Å²) in [7, 11) is -2.32. The van der Waals surface area contributed by atoms with Crippen molar-refractivity contribution in [1.82, 2.24) is 29.9 Å². The number of sulfonamides is 1. The number of benzene rings is 2. The minimum absolute atomic E-state index is 0.0276. The number of nitrogens with zero attached hydrogens (tertiary/aromatic N) is 5. The van der Waals surface area contributed by atoms with Crippen LogP contribution < -0.4 is 15.8 Å². The van der Waals surface area contributed by atoms with E-state index >= 15 is 8.78 Å². The summed E-state index contributed by atoms with van der Waals surface area (Å²) in [6.07, 6.45) is -3.41. The van der Waals surface area contributed by atoms with E-state index in [1.54, 1.807) is 0 Å². The summed E-state index contributed by atoms with van der Waals surface area (Å²) in [5, 5.41) is 10.5. The van der Waals surface area contributed by atoms with Gasteiger partial charge in [0.2, 0.25) is 15.9 Å². The van der Waals surface area contributed by atoms with E-state index in [1.807, 2.05) is 0 Å². The molecule has 0 spiro atoms. The molecule has 274 valence electrons. The maximum Gasteiger partial charge on any atom is 0.435 e. The summed E-state index contributed by atoms with van der Waals surface area (Å²) < 4.78 is 129. The molecule has 3 atom stereocenters. The van der Waals surface area contributed by atoms with Crippen molar-refractivity contribution in [3.8, 4) is 11.1 Å². The lowest BCUT2D eigenvalue weighted by atomic mass is 9.94. The Morgan fingerprint density at radius 1 is 1.12 bits per heavy atom. The maximum absolute atomic E-state index is 15.2. The first-order chi connectivity index (χ1) is 24.2. The molecule has 20 heteroatoms. The third-order valence-electron chi connectivity index (χ3n) is 8.97. The number of hydrogen-bond donors (Lipinski definition) is 3. The first-order valence-electron chi connectivity index (χ1n) is 15.4. The molecule has 7 rings (SSSR count). The number of nitrogen functional groups attached to an aromatic ring is 1. The van der Waals surface area contributed by atoms with Crippen molar-refractivity contribution in [3.63, 3.8) is 0 Å². The summed E-state index contributed by atoms with van der Waals surface area (Å²) in [6, 6.07) is 5.74. The Labute approximate surface area is 295 Å². The van der Waals surface area contributed by atoms with Crippen molar-refractivity contribution in [1.29, 1.82) is 0 Å². The van der Waals surface area contributed by atoms with E-state index in [4.69, 9.17) is 17.3 Å². The van der Waals surface area contributed by atoms with Gasteiger partial charge >= 0.3 is 6.18 Å². The molecule has 1 amide bonds. The van der Waals surface area contributed by atoms with Gasteiger partial charge in [-0.3, -0.25) is 23.9 Å². The summed E-state index contributed by atoms with van der Waals surface area (Å²) in [5.74, 6) is -9.09. The zero-order chi connectivity index (χ0) is 37.7. The number of rotatable bonds is 9. The highest BCUT2D eigenvalue weighted by Gasteiger charge is 2.68. The van der Waals surface area contributed by atoms with Gasteiger partial charge in [0.05, 0.1) is 45.8 Å². The summed E-state index contributed by atoms with van der Waals surface area (Å²) in [5.41, 5.74) is 4.01. The molecule has 4 N–H and O–H groups in total. The molecule has 1 saturated carbocycles. The monoisotopic (exact) mass is 770 g/mol. The highest BCUT2D eigenvalue weighted by molar-refractivity contribution is 7.92. The van der Waals surface area contributed by atoms with Gasteiger partial charge in [-0.2, -0.15) is 32.1 Å². The molecule has 0 bridgehead atoms. The van der Waals surface area contributed by atoms with E-state index in [-0.39, 0.29) is 57.1 Å². The normalized spacial score (nSPS) is 18.3. The second kappa shape index (κ2) is 12.1. The summed E-state index contributed by atoms with van der Waals surface area (Å²) >= 11 is 6.49. The number of halogens is 8. The molecule has 5 aromatic rings. The van der Waals surface area contributed by atoms with Gasteiger partial charge in [0, 0.05) is 35.7 Å². The zero-order valence-corrected chi connectivity index (χ0v) is 28.4. The number of aryl methyl sites for hydroxylation is 1. The van der Waals surface area contributed by atoms with Crippen LogP contribution in [0.2, 0.25) is 5.02 Å². The number of anilines is 2. The lowest BCUT2D eigenvalue weighted by Crippen LogP contribution is -2.35. The number of amides is 1. The minimum Gasteiger partial charge on any atom is -0.397 e. The van der Waals surface area contributed by atoms with Crippen LogP contribution in [-0.4, -0.2) is 45.1 Å². The second-order valence-electron chi connectivity index (χ2n) is 12.8. The van der Waals surface area contributed by atoms with E-state index in [1.165, 1.54) is 36.1 Å². The van der Waals surface area contributed by atoms with Crippen LogP contribution in [0.1, 0.15) is 46.6 Å². The molecule has 3 heterocycles. The van der Waals surface area contributed by atoms with Crippen molar-refractivity contribution >= 4 is 49.9 Å². The lowest BCUT2D eigenvalue weighted by molar-refractivity contribution is -0.142. The number of pyridine rings is 1. The number of carbonyl (C=O) groups is 1. The van der Waals surface area contributed by atoms with Crippen LogP contribution in [-0.2, 0) is 46.9 Å². The number of nitrogens with two attached hydrogens (primary N) is 1. The third kappa shape index (κ3) is 6.29. The van der Waals surface area contributed by atoms with Crippen molar-refractivity contribution in [2.24, 2.45) is 13.0 Å². The molecule has 0 unspecified atom stereocenters. The van der Waals surface area contributed by atoms with Gasteiger partial charge in [0.1, 0.15) is 23.9 Å². The van der Waals surface area contributed by atoms with Gasteiger partial charge in [0.25, 0.3) is 5.92 Å². The van der Waals surface area contributed by atoms with Crippen LogP contribution in [0, 0.1) is 17.6 Å². The molecule has 2 aliphatic rings. The van der Waals surface area contributed by atoms with Crippen LogP contribution in [0.5, 0.6) is 0 Å². The molecule has 2 aromatic carbocycles. The standard InChI is InChI=1S/C32H26ClF7N8O3S/c1-47-27-17(3-4-21(33)25(27)30(45-47)46-52(2,50)51)18-9-16(41)11-42-26(18)22(7-13-5-14(34)8-15(35)6-13)43-23(49)12-48-29-24(28(44-48)32(38,39)40)19-10-20(19)31(29,36)37/h3-6,8-9,11,19-20,22H,7,10,12,41H2,1-2H3,(H,43,49)(H,45,46)/t19-,20+,22-/m0/s1. The van der Waals surface area contributed by atoms with Crippen molar-refractivity contribution < 1.29 is 43.9 Å². The summed E-state index contributed by atoms with van der Waals surface area (Å²) in [6.45, 7) is -1.06. The first kappa shape index (κ1) is 35.5. The molecule has 52 heavy (non-hydrogen) atoms. The average Bonchev–Trinajstić information content (AvgIpc) is 3.55. The highest BCUT2D eigenvalue weighted by atomic mass is 35.5. The average molecular weight is 771 g/mol.